The van der Waals surface area contributed by atoms with Crippen LogP contribution in [0.4, 0.5) is 0 Å². The molecule has 0 aliphatic heterocycles. The van der Waals surface area contributed by atoms with E-state index in [0.717, 1.165) is 22.2 Å². The van der Waals surface area contributed by atoms with Gasteiger partial charge in [-0.05, 0) is 36.4 Å². The fourth-order valence-electron chi connectivity index (χ4n) is 2.08. The van der Waals surface area contributed by atoms with E-state index >= 15 is 0 Å². The minimum Gasteiger partial charge on any atom is -0.508 e. The lowest BCUT2D eigenvalue weighted by molar-refractivity contribution is 0.100. The summed E-state index contributed by atoms with van der Waals surface area (Å²) >= 11 is 0. The number of carbonyl (C=O) groups is 1. The Hall–Kier alpha value is -2.88. The predicted molar refractivity (Wildman–Crippen MR) is 77.4 cm³/mol. The predicted octanol–water partition coefficient (Wildman–Crippen LogP) is 2.71. The lowest BCUT2D eigenvalue weighted by atomic mass is 10.1. The fourth-order valence-corrected chi connectivity index (χ4v) is 2.08. The van der Waals surface area contributed by atoms with Gasteiger partial charge in [-0.15, -0.1) is 0 Å². The van der Waals surface area contributed by atoms with Crippen molar-refractivity contribution in [2.24, 2.45) is 5.73 Å². The van der Waals surface area contributed by atoms with Gasteiger partial charge in [0.25, 0.3) is 0 Å². The summed E-state index contributed by atoms with van der Waals surface area (Å²) in [6, 6.07) is 15.8. The molecule has 0 radical (unpaired) electrons. The average Bonchev–Trinajstić information content (AvgIpc) is 2.47. The van der Waals surface area contributed by atoms with E-state index in [2.05, 4.69) is 4.98 Å². The summed E-state index contributed by atoms with van der Waals surface area (Å²) in [6.45, 7) is 0. The van der Waals surface area contributed by atoms with Crippen LogP contribution in [0.5, 0.6) is 5.75 Å². The monoisotopic (exact) mass is 264 g/mol. The molecular formula is C16H12N2O2. The summed E-state index contributed by atoms with van der Waals surface area (Å²) in [5.41, 5.74) is 8.20. The Morgan fingerprint density at radius 1 is 1.00 bits per heavy atom. The molecule has 0 unspecified atom stereocenters. The van der Waals surface area contributed by atoms with E-state index in [4.69, 9.17) is 5.73 Å². The molecule has 2 aromatic carbocycles. The van der Waals surface area contributed by atoms with Crippen LogP contribution >= 0.6 is 0 Å². The maximum atomic E-state index is 11.0. The van der Waals surface area contributed by atoms with Gasteiger partial charge in [0.2, 0.25) is 5.91 Å². The zero-order chi connectivity index (χ0) is 14.1. The van der Waals surface area contributed by atoms with Crippen molar-refractivity contribution in [3.63, 3.8) is 0 Å². The SMILES string of the molecule is NC(=O)c1ccc(-c2ccc3cc(O)ccc3n2)cc1. The van der Waals surface area contributed by atoms with Gasteiger partial charge in [-0.25, -0.2) is 4.98 Å². The smallest absolute Gasteiger partial charge is 0.248 e. The Labute approximate surface area is 115 Å². The van der Waals surface area contributed by atoms with E-state index in [1.54, 1.807) is 30.3 Å². The normalized spacial score (nSPS) is 10.6. The Morgan fingerprint density at radius 2 is 1.75 bits per heavy atom. The van der Waals surface area contributed by atoms with Crippen LogP contribution in [-0.4, -0.2) is 16.0 Å². The topological polar surface area (TPSA) is 76.2 Å². The number of hydrogen-bond acceptors (Lipinski definition) is 3. The molecule has 0 saturated heterocycles. The number of carbonyl (C=O) groups excluding carboxylic acids is 1. The molecule has 20 heavy (non-hydrogen) atoms. The highest BCUT2D eigenvalue weighted by Gasteiger charge is 2.04. The number of pyridine rings is 1. The second-order valence-corrected chi connectivity index (χ2v) is 4.52. The van der Waals surface area contributed by atoms with Gasteiger partial charge in [-0.3, -0.25) is 4.79 Å². The molecule has 0 saturated carbocycles. The quantitative estimate of drug-likeness (QED) is 0.747. The van der Waals surface area contributed by atoms with Crippen LogP contribution in [0.1, 0.15) is 10.4 Å². The average molecular weight is 264 g/mol. The molecule has 98 valence electrons. The molecule has 1 amide bonds. The van der Waals surface area contributed by atoms with E-state index in [1.165, 1.54) is 0 Å². The minimum atomic E-state index is -0.446. The molecule has 3 aromatic rings. The number of nitrogens with zero attached hydrogens (tertiary/aromatic N) is 1. The van der Waals surface area contributed by atoms with E-state index in [-0.39, 0.29) is 5.75 Å². The number of primary amides is 1. The van der Waals surface area contributed by atoms with Crippen LogP contribution in [0.25, 0.3) is 22.2 Å². The molecule has 0 aliphatic carbocycles. The van der Waals surface area contributed by atoms with E-state index in [0.29, 0.717) is 5.56 Å². The van der Waals surface area contributed by atoms with Crippen LogP contribution in [0, 0.1) is 0 Å². The summed E-state index contributed by atoms with van der Waals surface area (Å²) < 4.78 is 0. The summed E-state index contributed by atoms with van der Waals surface area (Å²) in [7, 11) is 0. The van der Waals surface area contributed by atoms with Crippen molar-refractivity contribution in [2.75, 3.05) is 0 Å². The number of phenolic OH excluding ortho intramolecular Hbond substituents is 1. The van der Waals surface area contributed by atoms with Crippen molar-refractivity contribution in [3.05, 3.63) is 60.2 Å². The van der Waals surface area contributed by atoms with Gasteiger partial charge in [-0.1, -0.05) is 18.2 Å². The van der Waals surface area contributed by atoms with E-state index in [1.807, 2.05) is 24.3 Å². The third kappa shape index (κ3) is 2.19. The maximum Gasteiger partial charge on any atom is 0.248 e. The van der Waals surface area contributed by atoms with Gasteiger partial charge in [0.1, 0.15) is 5.75 Å². The molecule has 4 nitrogen and oxygen atoms in total. The molecule has 0 spiro atoms. The van der Waals surface area contributed by atoms with E-state index < -0.39 is 5.91 Å². The number of aromatic hydroxyl groups is 1. The first-order valence-corrected chi connectivity index (χ1v) is 6.13. The van der Waals surface area contributed by atoms with Crippen LogP contribution in [0.2, 0.25) is 0 Å². The molecule has 0 bridgehead atoms. The Kier molecular flexibility index (Phi) is 2.84. The zero-order valence-corrected chi connectivity index (χ0v) is 10.6. The van der Waals surface area contributed by atoms with Gasteiger partial charge in [0, 0.05) is 16.5 Å². The number of nitrogens with two attached hydrogens (primary N) is 1. The van der Waals surface area contributed by atoms with Crippen LogP contribution in [0.3, 0.4) is 0 Å². The molecule has 1 heterocycles. The molecule has 4 heteroatoms. The summed E-state index contributed by atoms with van der Waals surface area (Å²) in [4.78, 5) is 15.6. The largest absolute Gasteiger partial charge is 0.508 e. The van der Waals surface area contributed by atoms with Gasteiger partial charge in [0.05, 0.1) is 11.2 Å². The maximum absolute atomic E-state index is 11.0. The van der Waals surface area contributed by atoms with Gasteiger partial charge in [0.15, 0.2) is 0 Å². The lowest BCUT2D eigenvalue weighted by Crippen LogP contribution is -2.10. The molecule has 0 fully saturated rings. The lowest BCUT2D eigenvalue weighted by Gasteiger charge is -2.04. The second-order valence-electron chi connectivity index (χ2n) is 4.52. The number of amides is 1. The molecule has 0 aliphatic rings. The number of hydrogen-bond donors (Lipinski definition) is 2. The number of benzene rings is 2. The molecule has 3 N–H and O–H groups in total. The highest BCUT2D eigenvalue weighted by molar-refractivity contribution is 5.93. The van der Waals surface area contributed by atoms with Crippen molar-refractivity contribution in [1.82, 2.24) is 4.98 Å². The molecule has 3 rings (SSSR count). The van der Waals surface area contributed by atoms with Crippen molar-refractivity contribution in [2.45, 2.75) is 0 Å². The van der Waals surface area contributed by atoms with Crippen molar-refractivity contribution >= 4 is 16.8 Å². The first-order valence-electron chi connectivity index (χ1n) is 6.13. The minimum absolute atomic E-state index is 0.220. The molecule has 1 aromatic heterocycles. The summed E-state index contributed by atoms with van der Waals surface area (Å²) in [5.74, 6) is -0.226. The standard InChI is InChI=1S/C16H12N2O2/c17-16(20)11-3-1-10(2-4-11)14-7-5-12-9-13(19)6-8-15(12)18-14/h1-9,19H,(H2,17,20). The molecule has 0 atom stereocenters. The zero-order valence-electron chi connectivity index (χ0n) is 10.6. The Bertz CT molecular complexity index is 795. The van der Waals surface area contributed by atoms with Gasteiger partial charge in [-0.2, -0.15) is 0 Å². The first kappa shape index (κ1) is 12.2. The Balaban J connectivity index is 2.05. The first-order chi connectivity index (χ1) is 9.63. The highest BCUT2D eigenvalue weighted by Crippen LogP contribution is 2.23. The molecular weight excluding hydrogens is 252 g/mol. The van der Waals surface area contributed by atoms with Gasteiger partial charge >= 0.3 is 0 Å². The van der Waals surface area contributed by atoms with Crippen LogP contribution in [0.15, 0.2) is 54.6 Å². The van der Waals surface area contributed by atoms with Crippen molar-refractivity contribution < 1.29 is 9.90 Å². The third-order valence-corrected chi connectivity index (χ3v) is 3.14. The third-order valence-electron chi connectivity index (χ3n) is 3.14. The van der Waals surface area contributed by atoms with Crippen molar-refractivity contribution in [1.29, 1.82) is 0 Å². The summed E-state index contributed by atoms with van der Waals surface area (Å²) in [5, 5.41) is 10.3. The van der Waals surface area contributed by atoms with Crippen LogP contribution < -0.4 is 5.73 Å². The second kappa shape index (κ2) is 4.66. The number of aromatic nitrogens is 1. The van der Waals surface area contributed by atoms with E-state index in [9.17, 15) is 9.90 Å². The number of fused-ring (bicyclic) bond motifs is 1. The highest BCUT2D eigenvalue weighted by atomic mass is 16.3. The van der Waals surface area contributed by atoms with Gasteiger partial charge < -0.3 is 10.8 Å². The Morgan fingerprint density at radius 3 is 2.45 bits per heavy atom. The number of phenols is 1. The fraction of sp³-hybridized carbons (Fsp3) is 0. The van der Waals surface area contributed by atoms with Crippen LogP contribution in [-0.2, 0) is 0 Å². The number of rotatable bonds is 2. The summed E-state index contributed by atoms with van der Waals surface area (Å²) in [6.07, 6.45) is 0. The van der Waals surface area contributed by atoms with Crippen molar-refractivity contribution in [3.8, 4) is 17.0 Å².